The highest BCUT2D eigenvalue weighted by molar-refractivity contribution is 5.93. The highest BCUT2D eigenvalue weighted by Gasteiger charge is 2.18. The topological polar surface area (TPSA) is 55.4 Å². The Labute approximate surface area is 98.8 Å². The maximum Gasteiger partial charge on any atom is 0.412 e. The molecule has 0 bridgehead atoms. The normalized spacial score (nSPS) is 10.8. The maximum absolute atomic E-state index is 13.4. The molecule has 0 aromatic heterocycles. The zero-order chi connectivity index (χ0) is 13.1. The molecule has 1 rings (SSSR count). The highest BCUT2D eigenvalue weighted by atomic mass is 19.1. The zero-order valence-electron chi connectivity index (χ0n) is 9.91. The van der Waals surface area contributed by atoms with Crippen LogP contribution in [0.4, 0.5) is 14.9 Å². The molecule has 0 aliphatic rings. The fraction of sp³-hybridized carbons (Fsp3) is 0.333. The smallest absolute Gasteiger partial charge is 0.412 e. The maximum atomic E-state index is 13.4. The molecule has 1 N–H and O–H groups in total. The fourth-order valence-corrected chi connectivity index (χ4v) is 1.18. The van der Waals surface area contributed by atoms with Crippen LogP contribution in [0.2, 0.25) is 0 Å². The monoisotopic (exact) mass is 239 g/mol. The van der Waals surface area contributed by atoms with Crippen LogP contribution >= 0.6 is 0 Å². The van der Waals surface area contributed by atoms with Crippen molar-refractivity contribution in [1.29, 1.82) is 0 Å². The summed E-state index contributed by atoms with van der Waals surface area (Å²) in [5.74, 6) is -0.680. The Hall–Kier alpha value is -1.91. The number of ether oxygens (including phenoxy) is 1. The van der Waals surface area contributed by atoms with Gasteiger partial charge in [-0.2, -0.15) is 0 Å². The van der Waals surface area contributed by atoms with E-state index in [9.17, 15) is 14.0 Å². The van der Waals surface area contributed by atoms with Gasteiger partial charge in [0.1, 0.15) is 11.4 Å². The Morgan fingerprint density at radius 1 is 1.41 bits per heavy atom. The van der Waals surface area contributed by atoms with Crippen molar-refractivity contribution in [2.45, 2.75) is 26.4 Å². The van der Waals surface area contributed by atoms with Crippen molar-refractivity contribution >= 4 is 18.1 Å². The summed E-state index contributed by atoms with van der Waals surface area (Å²) in [6.45, 7) is 5.07. The van der Waals surface area contributed by atoms with E-state index in [0.29, 0.717) is 6.29 Å². The number of anilines is 1. The number of rotatable bonds is 2. The summed E-state index contributed by atoms with van der Waals surface area (Å²) in [6, 6.07) is 3.95. The van der Waals surface area contributed by atoms with Crippen molar-refractivity contribution in [1.82, 2.24) is 0 Å². The predicted molar refractivity (Wildman–Crippen MR) is 61.6 cm³/mol. The minimum atomic E-state index is -0.800. The molecule has 0 aliphatic carbocycles. The number of hydrogen-bond acceptors (Lipinski definition) is 3. The summed E-state index contributed by atoms with van der Waals surface area (Å²) >= 11 is 0. The van der Waals surface area contributed by atoms with Gasteiger partial charge in [-0.1, -0.05) is 6.07 Å². The first-order chi connectivity index (χ1) is 7.83. The van der Waals surface area contributed by atoms with Crippen molar-refractivity contribution in [2.75, 3.05) is 5.32 Å². The Morgan fingerprint density at radius 2 is 2.06 bits per heavy atom. The molecule has 1 aromatic carbocycles. The van der Waals surface area contributed by atoms with Crippen molar-refractivity contribution in [2.24, 2.45) is 0 Å². The largest absolute Gasteiger partial charge is 0.444 e. The lowest BCUT2D eigenvalue weighted by Crippen LogP contribution is -2.27. The average molecular weight is 239 g/mol. The third-order valence-corrected chi connectivity index (χ3v) is 1.80. The van der Waals surface area contributed by atoms with Gasteiger partial charge in [0.2, 0.25) is 0 Å². The highest BCUT2D eigenvalue weighted by Crippen LogP contribution is 2.19. The molecule has 92 valence electrons. The van der Waals surface area contributed by atoms with Crippen LogP contribution in [0.15, 0.2) is 18.2 Å². The van der Waals surface area contributed by atoms with Gasteiger partial charge in [0.15, 0.2) is 6.29 Å². The molecule has 0 spiro atoms. The molecule has 0 aliphatic heterocycles. The standard InChI is InChI=1S/C12H14FNO3/c1-12(2,3)17-11(16)14-10-8(7-15)5-4-6-9(10)13/h4-7H,1-3H3,(H,14,16). The predicted octanol–water partition coefficient (Wildman–Crippen LogP) is 2.99. The number of amides is 1. The van der Waals surface area contributed by atoms with Gasteiger partial charge in [-0.15, -0.1) is 0 Å². The second-order valence-electron chi connectivity index (χ2n) is 4.45. The SMILES string of the molecule is CC(C)(C)OC(=O)Nc1c(F)cccc1C=O. The quantitative estimate of drug-likeness (QED) is 0.807. The number of hydrogen-bond donors (Lipinski definition) is 1. The van der Waals surface area contributed by atoms with Crippen LogP contribution in [0, 0.1) is 5.82 Å². The lowest BCUT2D eigenvalue weighted by molar-refractivity contribution is 0.0635. The molecular weight excluding hydrogens is 225 g/mol. The number of benzene rings is 1. The van der Waals surface area contributed by atoms with Gasteiger partial charge in [0.25, 0.3) is 0 Å². The molecule has 0 saturated carbocycles. The van der Waals surface area contributed by atoms with Crippen LogP contribution in [0.5, 0.6) is 0 Å². The van der Waals surface area contributed by atoms with Gasteiger partial charge in [0.05, 0.1) is 5.69 Å². The van der Waals surface area contributed by atoms with E-state index >= 15 is 0 Å². The third kappa shape index (κ3) is 3.86. The number of carbonyl (C=O) groups excluding carboxylic acids is 2. The summed E-state index contributed by atoms with van der Waals surface area (Å²) in [7, 11) is 0. The molecule has 1 amide bonds. The molecule has 0 radical (unpaired) electrons. The molecule has 0 saturated heterocycles. The van der Waals surface area contributed by atoms with Crippen LogP contribution < -0.4 is 5.32 Å². The van der Waals surface area contributed by atoms with Crippen molar-refractivity contribution in [3.05, 3.63) is 29.6 Å². The molecule has 0 unspecified atom stereocenters. The van der Waals surface area contributed by atoms with E-state index in [2.05, 4.69) is 5.32 Å². The number of carbonyl (C=O) groups is 2. The first-order valence-electron chi connectivity index (χ1n) is 5.07. The summed E-state index contributed by atoms with van der Waals surface area (Å²) < 4.78 is 18.4. The Morgan fingerprint density at radius 3 is 2.59 bits per heavy atom. The minimum absolute atomic E-state index is 0.0656. The van der Waals surface area contributed by atoms with Gasteiger partial charge in [-0.25, -0.2) is 9.18 Å². The number of nitrogens with one attached hydrogen (secondary N) is 1. The van der Waals surface area contributed by atoms with Crippen LogP contribution in [-0.2, 0) is 4.74 Å². The van der Waals surface area contributed by atoms with E-state index in [-0.39, 0.29) is 11.3 Å². The lowest BCUT2D eigenvalue weighted by atomic mass is 10.2. The number of aldehydes is 1. The lowest BCUT2D eigenvalue weighted by Gasteiger charge is -2.20. The van der Waals surface area contributed by atoms with E-state index in [1.165, 1.54) is 12.1 Å². The molecule has 0 atom stereocenters. The van der Waals surface area contributed by atoms with Crippen molar-refractivity contribution in [3.63, 3.8) is 0 Å². The second-order valence-corrected chi connectivity index (χ2v) is 4.45. The molecular formula is C12H14FNO3. The molecule has 5 heteroatoms. The number of halogens is 1. The summed E-state index contributed by atoms with van der Waals surface area (Å²) in [5.41, 5.74) is -0.788. The molecule has 0 heterocycles. The van der Waals surface area contributed by atoms with Crippen molar-refractivity contribution in [3.8, 4) is 0 Å². The van der Waals surface area contributed by atoms with E-state index in [4.69, 9.17) is 4.74 Å². The van der Waals surface area contributed by atoms with Gasteiger partial charge < -0.3 is 4.74 Å². The first kappa shape index (κ1) is 13.2. The van der Waals surface area contributed by atoms with E-state index in [1.54, 1.807) is 20.8 Å². The third-order valence-electron chi connectivity index (χ3n) is 1.80. The molecule has 0 fully saturated rings. The molecule has 1 aromatic rings. The van der Waals surface area contributed by atoms with Crippen LogP contribution in [0.3, 0.4) is 0 Å². The Kier molecular flexibility index (Phi) is 3.83. The summed E-state index contributed by atoms with van der Waals surface area (Å²) in [6.07, 6.45) is -0.332. The second kappa shape index (κ2) is 4.95. The van der Waals surface area contributed by atoms with Gasteiger partial charge in [-0.3, -0.25) is 10.1 Å². The Balaban J connectivity index is 2.88. The molecule has 4 nitrogen and oxygen atoms in total. The minimum Gasteiger partial charge on any atom is -0.444 e. The van der Waals surface area contributed by atoms with Crippen LogP contribution in [0.1, 0.15) is 31.1 Å². The van der Waals surface area contributed by atoms with Gasteiger partial charge >= 0.3 is 6.09 Å². The zero-order valence-corrected chi connectivity index (χ0v) is 9.91. The van der Waals surface area contributed by atoms with Gasteiger partial charge in [0, 0.05) is 5.56 Å². The summed E-state index contributed by atoms with van der Waals surface area (Å²) in [4.78, 5) is 22.1. The van der Waals surface area contributed by atoms with Crippen LogP contribution in [-0.4, -0.2) is 18.0 Å². The number of para-hydroxylation sites is 1. The van der Waals surface area contributed by atoms with Crippen LogP contribution in [0.25, 0.3) is 0 Å². The van der Waals surface area contributed by atoms with E-state index in [0.717, 1.165) is 6.07 Å². The van der Waals surface area contributed by atoms with E-state index in [1.807, 2.05) is 0 Å². The van der Waals surface area contributed by atoms with Gasteiger partial charge in [-0.05, 0) is 32.9 Å². The van der Waals surface area contributed by atoms with E-state index < -0.39 is 17.5 Å². The molecule has 17 heavy (non-hydrogen) atoms. The van der Waals surface area contributed by atoms with Crippen molar-refractivity contribution < 1.29 is 18.7 Å². The fourth-order valence-electron chi connectivity index (χ4n) is 1.18. The first-order valence-corrected chi connectivity index (χ1v) is 5.07. The average Bonchev–Trinajstić information content (AvgIpc) is 2.18. The summed E-state index contributed by atoms with van der Waals surface area (Å²) in [5, 5.41) is 2.22. The Bertz CT molecular complexity index is 438.